The second kappa shape index (κ2) is 3.73. The summed E-state index contributed by atoms with van der Waals surface area (Å²) < 4.78 is 3.11. The molecule has 1 unspecified atom stereocenters. The molecule has 0 saturated carbocycles. The van der Waals surface area contributed by atoms with Gasteiger partial charge in [-0.2, -0.15) is 0 Å². The van der Waals surface area contributed by atoms with E-state index in [9.17, 15) is 0 Å². The van der Waals surface area contributed by atoms with Crippen LogP contribution in [0.1, 0.15) is 31.9 Å². The number of pyridine rings is 1. The maximum absolute atomic E-state index is 4.60. The minimum Gasteiger partial charge on any atom is -0.306 e. The zero-order chi connectivity index (χ0) is 10.1. The van der Waals surface area contributed by atoms with Crippen molar-refractivity contribution in [3.63, 3.8) is 0 Å². The summed E-state index contributed by atoms with van der Waals surface area (Å²) in [5.74, 6) is 0.529. The largest absolute Gasteiger partial charge is 0.306 e. The zero-order valence-corrected chi connectivity index (χ0v) is 9.95. The van der Waals surface area contributed by atoms with Crippen molar-refractivity contribution in [1.82, 2.24) is 9.38 Å². The summed E-state index contributed by atoms with van der Waals surface area (Å²) in [5, 5.41) is 0. The van der Waals surface area contributed by atoms with E-state index >= 15 is 0 Å². The zero-order valence-electron chi connectivity index (χ0n) is 8.37. The summed E-state index contributed by atoms with van der Waals surface area (Å²) in [6, 6.07) is 4.03. The van der Waals surface area contributed by atoms with Gasteiger partial charge in [0.25, 0.3) is 0 Å². The lowest BCUT2D eigenvalue weighted by atomic mass is 10.1. The molecule has 2 aromatic heterocycles. The predicted molar refractivity (Wildman–Crippen MR) is 61.6 cm³/mol. The summed E-state index contributed by atoms with van der Waals surface area (Å²) in [5.41, 5.74) is 2.17. The number of halogens is 1. The second-order valence-corrected chi connectivity index (χ2v) is 4.42. The lowest BCUT2D eigenvalue weighted by Gasteiger charge is -2.01. The van der Waals surface area contributed by atoms with Gasteiger partial charge in [0.2, 0.25) is 0 Å². The van der Waals surface area contributed by atoms with Crippen LogP contribution in [0.15, 0.2) is 29.0 Å². The van der Waals surface area contributed by atoms with Crippen LogP contribution in [-0.4, -0.2) is 9.38 Å². The van der Waals surface area contributed by atoms with Crippen molar-refractivity contribution in [2.45, 2.75) is 26.2 Å². The first-order chi connectivity index (χ1) is 6.72. The van der Waals surface area contributed by atoms with Gasteiger partial charge in [-0.15, -0.1) is 0 Å². The first kappa shape index (κ1) is 9.71. The molecule has 0 bridgehead atoms. The summed E-state index contributed by atoms with van der Waals surface area (Å²) in [6.07, 6.45) is 5.26. The molecule has 2 nitrogen and oxygen atoms in total. The summed E-state index contributed by atoms with van der Waals surface area (Å²) in [4.78, 5) is 4.60. The van der Waals surface area contributed by atoms with Gasteiger partial charge in [-0.05, 0) is 40.4 Å². The third kappa shape index (κ3) is 1.57. The van der Waals surface area contributed by atoms with Gasteiger partial charge in [-0.1, -0.05) is 13.8 Å². The summed E-state index contributed by atoms with van der Waals surface area (Å²) >= 11 is 3.50. The van der Waals surface area contributed by atoms with E-state index < -0.39 is 0 Å². The van der Waals surface area contributed by atoms with E-state index in [0.717, 1.165) is 16.5 Å². The molecule has 2 aromatic rings. The highest BCUT2D eigenvalue weighted by Crippen LogP contribution is 2.22. The molecular weight excluding hydrogens is 240 g/mol. The fourth-order valence-corrected chi connectivity index (χ4v) is 1.89. The Labute approximate surface area is 92.1 Å². The molecule has 74 valence electrons. The van der Waals surface area contributed by atoms with Crippen LogP contribution in [0.25, 0.3) is 5.65 Å². The van der Waals surface area contributed by atoms with Crippen LogP contribution in [-0.2, 0) is 0 Å². The van der Waals surface area contributed by atoms with Crippen molar-refractivity contribution in [3.8, 4) is 0 Å². The van der Waals surface area contributed by atoms with E-state index in [-0.39, 0.29) is 0 Å². The van der Waals surface area contributed by atoms with Crippen LogP contribution in [0.5, 0.6) is 0 Å². The van der Waals surface area contributed by atoms with E-state index in [1.54, 1.807) is 0 Å². The number of hydrogen-bond donors (Lipinski definition) is 0. The topological polar surface area (TPSA) is 17.3 Å². The molecule has 0 aromatic carbocycles. The molecule has 1 atom stereocenters. The molecular formula is C11H13BrN2. The molecule has 0 aliphatic heterocycles. The van der Waals surface area contributed by atoms with Crippen LogP contribution in [0.3, 0.4) is 0 Å². The number of rotatable bonds is 2. The number of nitrogens with zero attached hydrogens (tertiary/aromatic N) is 2. The maximum atomic E-state index is 4.60. The number of hydrogen-bond acceptors (Lipinski definition) is 1. The van der Waals surface area contributed by atoms with Crippen molar-refractivity contribution >= 4 is 21.6 Å². The molecule has 0 fully saturated rings. The highest BCUT2D eigenvalue weighted by molar-refractivity contribution is 9.10. The number of imidazole rings is 1. The Bertz CT molecular complexity index is 447. The van der Waals surface area contributed by atoms with Crippen molar-refractivity contribution in [1.29, 1.82) is 0 Å². The fraction of sp³-hybridized carbons (Fsp3) is 0.364. The van der Waals surface area contributed by atoms with Crippen LogP contribution < -0.4 is 0 Å². The third-order valence-corrected chi connectivity index (χ3v) is 3.19. The Balaban J connectivity index is 2.56. The van der Waals surface area contributed by atoms with Crippen LogP contribution in [0.2, 0.25) is 0 Å². The molecule has 0 N–H and O–H groups in total. The first-order valence-corrected chi connectivity index (χ1v) is 5.64. The summed E-state index contributed by atoms with van der Waals surface area (Å²) in [7, 11) is 0. The van der Waals surface area contributed by atoms with Gasteiger partial charge in [-0.25, -0.2) is 4.98 Å². The van der Waals surface area contributed by atoms with Gasteiger partial charge >= 0.3 is 0 Å². The standard InChI is InChI=1S/C11H13BrN2/c1-3-8(2)10-7-14-6-4-5-9(12)11(14)13-10/h4-8H,3H2,1-2H3. The molecule has 0 aliphatic carbocycles. The van der Waals surface area contributed by atoms with E-state index in [4.69, 9.17) is 0 Å². The van der Waals surface area contributed by atoms with E-state index in [2.05, 4.69) is 45.4 Å². The monoisotopic (exact) mass is 252 g/mol. The summed E-state index contributed by atoms with van der Waals surface area (Å²) in [6.45, 7) is 4.39. The van der Waals surface area contributed by atoms with Gasteiger partial charge in [0, 0.05) is 12.4 Å². The minimum absolute atomic E-state index is 0.529. The average molecular weight is 253 g/mol. The second-order valence-electron chi connectivity index (χ2n) is 3.56. The third-order valence-electron chi connectivity index (χ3n) is 2.57. The van der Waals surface area contributed by atoms with Crippen LogP contribution in [0, 0.1) is 0 Å². The van der Waals surface area contributed by atoms with E-state index in [0.29, 0.717) is 5.92 Å². The average Bonchev–Trinajstić information content (AvgIpc) is 2.62. The van der Waals surface area contributed by atoms with Gasteiger partial charge in [0.05, 0.1) is 10.2 Å². The molecule has 14 heavy (non-hydrogen) atoms. The van der Waals surface area contributed by atoms with Crippen molar-refractivity contribution < 1.29 is 0 Å². The highest BCUT2D eigenvalue weighted by atomic mass is 79.9. The van der Waals surface area contributed by atoms with Crippen molar-refractivity contribution in [2.24, 2.45) is 0 Å². The minimum atomic E-state index is 0.529. The van der Waals surface area contributed by atoms with Crippen LogP contribution in [0.4, 0.5) is 0 Å². The van der Waals surface area contributed by atoms with Crippen LogP contribution >= 0.6 is 15.9 Å². The molecule has 0 saturated heterocycles. The maximum Gasteiger partial charge on any atom is 0.151 e. The van der Waals surface area contributed by atoms with Gasteiger partial charge in [0.1, 0.15) is 0 Å². The smallest absolute Gasteiger partial charge is 0.151 e. The highest BCUT2D eigenvalue weighted by Gasteiger charge is 2.09. The molecule has 0 amide bonds. The Morgan fingerprint density at radius 1 is 1.57 bits per heavy atom. The van der Waals surface area contributed by atoms with E-state index in [1.807, 2.05) is 18.3 Å². The molecule has 0 aliphatic rings. The van der Waals surface area contributed by atoms with Gasteiger partial charge < -0.3 is 4.40 Å². The molecule has 2 rings (SSSR count). The Hall–Kier alpha value is -0.830. The van der Waals surface area contributed by atoms with E-state index in [1.165, 1.54) is 5.69 Å². The van der Waals surface area contributed by atoms with Gasteiger partial charge in [-0.3, -0.25) is 0 Å². The molecule has 0 spiro atoms. The molecule has 2 heterocycles. The Morgan fingerprint density at radius 3 is 3.00 bits per heavy atom. The number of fused-ring (bicyclic) bond motifs is 1. The first-order valence-electron chi connectivity index (χ1n) is 4.85. The van der Waals surface area contributed by atoms with Gasteiger partial charge in [0.15, 0.2) is 5.65 Å². The quantitative estimate of drug-likeness (QED) is 0.799. The van der Waals surface area contributed by atoms with Crippen molar-refractivity contribution in [2.75, 3.05) is 0 Å². The normalized spacial score (nSPS) is 13.4. The SMILES string of the molecule is CCC(C)c1cn2cccc(Br)c2n1. The number of aromatic nitrogens is 2. The van der Waals surface area contributed by atoms with Crippen molar-refractivity contribution in [3.05, 3.63) is 34.7 Å². The Kier molecular flexibility index (Phi) is 2.59. The fourth-order valence-electron chi connectivity index (χ4n) is 1.44. The molecule has 3 heteroatoms. The Morgan fingerprint density at radius 2 is 2.36 bits per heavy atom. The molecule has 0 radical (unpaired) electrons. The lowest BCUT2D eigenvalue weighted by molar-refractivity contribution is 0.714. The predicted octanol–water partition coefficient (Wildman–Crippen LogP) is 3.61. The lowest BCUT2D eigenvalue weighted by Crippen LogP contribution is -1.89.